The van der Waals surface area contributed by atoms with Gasteiger partial charge in [0.25, 0.3) is 0 Å². The van der Waals surface area contributed by atoms with Gasteiger partial charge in [-0.25, -0.2) is 21.5 Å². The minimum atomic E-state index is -4.03. The minimum absolute atomic E-state index is 0.0571. The van der Waals surface area contributed by atoms with Crippen molar-refractivity contribution >= 4 is 10.0 Å². The van der Waals surface area contributed by atoms with Crippen LogP contribution in [0.5, 0.6) is 0 Å². The molecule has 0 saturated carbocycles. The van der Waals surface area contributed by atoms with E-state index in [2.05, 4.69) is 0 Å². The first-order chi connectivity index (χ1) is 8.84. The van der Waals surface area contributed by atoms with Crippen LogP contribution in [-0.4, -0.2) is 26.3 Å². The average molecular weight is 292 g/mol. The summed E-state index contributed by atoms with van der Waals surface area (Å²) in [6.07, 6.45) is 1.45. The van der Waals surface area contributed by atoms with Crippen LogP contribution in [0.1, 0.15) is 25.3 Å². The molecule has 0 unspecified atom stereocenters. The van der Waals surface area contributed by atoms with Crippen LogP contribution in [0.15, 0.2) is 17.0 Å². The van der Waals surface area contributed by atoms with Crippen LogP contribution in [0.2, 0.25) is 0 Å². The average Bonchev–Trinajstić information content (AvgIpc) is 2.38. The summed E-state index contributed by atoms with van der Waals surface area (Å²) in [5.41, 5.74) is 5.58. The van der Waals surface area contributed by atoms with Crippen molar-refractivity contribution in [1.82, 2.24) is 4.31 Å². The maximum absolute atomic E-state index is 13.7. The van der Waals surface area contributed by atoms with Crippen LogP contribution < -0.4 is 5.73 Å². The Morgan fingerprint density at radius 2 is 1.95 bits per heavy atom. The summed E-state index contributed by atoms with van der Waals surface area (Å²) in [6.45, 7) is 2.11. The Bertz CT molecular complexity index is 547. The molecule has 0 aliphatic rings. The summed E-state index contributed by atoms with van der Waals surface area (Å²) in [7, 11) is -2.69. The molecular formula is C12H18F2N2O2S. The molecule has 108 valence electrons. The van der Waals surface area contributed by atoms with E-state index >= 15 is 0 Å². The number of sulfonamides is 1. The molecule has 0 bridgehead atoms. The molecule has 0 radical (unpaired) electrons. The van der Waals surface area contributed by atoms with Crippen molar-refractivity contribution < 1.29 is 17.2 Å². The van der Waals surface area contributed by atoms with Gasteiger partial charge >= 0.3 is 0 Å². The van der Waals surface area contributed by atoms with Crippen LogP contribution >= 0.6 is 0 Å². The summed E-state index contributed by atoms with van der Waals surface area (Å²) in [4.78, 5) is -0.661. The van der Waals surface area contributed by atoms with Gasteiger partial charge in [-0.2, -0.15) is 0 Å². The van der Waals surface area contributed by atoms with Gasteiger partial charge in [0, 0.05) is 20.1 Å². The predicted molar refractivity (Wildman–Crippen MR) is 69.0 cm³/mol. The maximum Gasteiger partial charge on any atom is 0.245 e. The predicted octanol–water partition coefficient (Wildman–Crippen LogP) is 1.84. The summed E-state index contributed by atoms with van der Waals surface area (Å²) in [5, 5.41) is 0. The van der Waals surface area contributed by atoms with Crippen molar-refractivity contribution in [1.29, 1.82) is 0 Å². The molecule has 0 aliphatic heterocycles. The van der Waals surface area contributed by atoms with Crippen molar-refractivity contribution in [2.75, 3.05) is 13.6 Å². The van der Waals surface area contributed by atoms with Crippen molar-refractivity contribution in [2.24, 2.45) is 5.73 Å². The zero-order valence-corrected chi connectivity index (χ0v) is 11.8. The third-order valence-electron chi connectivity index (χ3n) is 2.81. The van der Waals surface area contributed by atoms with Crippen LogP contribution in [0, 0.1) is 11.6 Å². The van der Waals surface area contributed by atoms with E-state index in [0.717, 1.165) is 22.9 Å². The summed E-state index contributed by atoms with van der Waals surface area (Å²) in [5.74, 6) is -2.56. The molecular weight excluding hydrogens is 274 g/mol. The fraction of sp³-hybridized carbons (Fsp3) is 0.500. The number of hydrogen-bond acceptors (Lipinski definition) is 3. The first-order valence-corrected chi connectivity index (χ1v) is 7.43. The molecule has 0 spiro atoms. The van der Waals surface area contributed by atoms with Gasteiger partial charge < -0.3 is 5.73 Å². The van der Waals surface area contributed by atoms with Crippen LogP contribution in [0.3, 0.4) is 0 Å². The number of halogens is 2. The van der Waals surface area contributed by atoms with Gasteiger partial charge in [-0.3, -0.25) is 0 Å². The topological polar surface area (TPSA) is 63.4 Å². The van der Waals surface area contributed by atoms with Crippen molar-refractivity contribution in [3.05, 3.63) is 29.3 Å². The van der Waals surface area contributed by atoms with Crippen LogP contribution in [-0.2, 0) is 16.6 Å². The fourth-order valence-corrected chi connectivity index (χ4v) is 2.92. The molecule has 0 fully saturated rings. The lowest BCUT2D eigenvalue weighted by Crippen LogP contribution is -2.29. The molecule has 0 aliphatic carbocycles. The van der Waals surface area contributed by atoms with E-state index in [1.54, 1.807) is 0 Å². The van der Waals surface area contributed by atoms with Gasteiger partial charge in [0.15, 0.2) is 11.6 Å². The Morgan fingerprint density at radius 1 is 1.32 bits per heavy atom. The van der Waals surface area contributed by atoms with E-state index in [9.17, 15) is 17.2 Å². The van der Waals surface area contributed by atoms with Crippen molar-refractivity contribution in [3.63, 3.8) is 0 Å². The summed E-state index contributed by atoms with van der Waals surface area (Å²) >= 11 is 0. The number of rotatable bonds is 6. The Labute approximate surface area is 112 Å². The number of hydrogen-bond donors (Lipinski definition) is 1. The molecule has 1 aromatic rings. The van der Waals surface area contributed by atoms with E-state index in [0.29, 0.717) is 6.42 Å². The highest BCUT2D eigenvalue weighted by atomic mass is 32.2. The second-order valence-corrected chi connectivity index (χ2v) is 6.29. The molecule has 0 amide bonds. The van der Waals surface area contributed by atoms with E-state index < -0.39 is 26.6 Å². The minimum Gasteiger partial charge on any atom is -0.326 e. The Balaban J connectivity index is 3.24. The van der Waals surface area contributed by atoms with Gasteiger partial charge in [-0.15, -0.1) is 0 Å². The lowest BCUT2D eigenvalue weighted by Gasteiger charge is -2.18. The molecule has 7 heteroatoms. The molecule has 4 nitrogen and oxygen atoms in total. The van der Waals surface area contributed by atoms with Gasteiger partial charge in [0.05, 0.1) is 0 Å². The Hall–Kier alpha value is -1.05. The molecule has 0 heterocycles. The molecule has 2 N–H and O–H groups in total. The van der Waals surface area contributed by atoms with Gasteiger partial charge in [-0.1, -0.05) is 13.3 Å². The number of unbranched alkanes of at least 4 members (excludes halogenated alkanes) is 1. The smallest absolute Gasteiger partial charge is 0.245 e. The highest BCUT2D eigenvalue weighted by Gasteiger charge is 2.26. The normalized spacial score (nSPS) is 12.1. The van der Waals surface area contributed by atoms with E-state index in [1.807, 2.05) is 6.92 Å². The van der Waals surface area contributed by atoms with Gasteiger partial charge in [0.1, 0.15) is 4.90 Å². The largest absolute Gasteiger partial charge is 0.326 e. The molecule has 0 aromatic heterocycles. The highest BCUT2D eigenvalue weighted by molar-refractivity contribution is 7.89. The molecule has 19 heavy (non-hydrogen) atoms. The monoisotopic (exact) mass is 292 g/mol. The van der Waals surface area contributed by atoms with E-state index in [4.69, 9.17) is 5.73 Å². The molecule has 1 rings (SSSR count). The first kappa shape index (κ1) is 16.0. The first-order valence-electron chi connectivity index (χ1n) is 5.99. The zero-order chi connectivity index (χ0) is 14.6. The summed E-state index contributed by atoms with van der Waals surface area (Å²) < 4.78 is 52.4. The zero-order valence-electron chi connectivity index (χ0n) is 11.0. The number of benzene rings is 1. The molecule has 0 saturated heterocycles. The molecule has 1 aromatic carbocycles. The standard InChI is InChI=1S/C12H18F2N2O2S/c1-3-4-5-16(2)19(17,18)11-7-9(8-15)6-10(13)12(11)14/h6-7H,3-5,8,15H2,1-2H3. The van der Waals surface area contributed by atoms with E-state index in [1.165, 1.54) is 7.05 Å². The quantitative estimate of drug-likeness (QED) is 0.870. The third-order valence-corrected chi connectivity index (χ3v) is 4.66. The number of nitrogens with two attached hydrogens (primary N) is 1. The fourth-order valence-electron chi connectivity index (χ4n) is 1.59. The lowest BCUT2D eigenvalue weighted by molar-refractivity contribution is 0.442. The maximum atomic E-state index is 13.7. The van der Waals surface area contributed by atoms with Crippen LogP contribution in [0.25, 0.3) is 0 Å². The Kier molecular flexibility index (Phi) is 5.39. The number of nitrogens with zero attached hydrogens (tertiary/aromatic N) is 1. The van der Waals surface area contributed by atoms with Gasteiger partial charge in [-0.05, 0) is 24.1 Å². The van der Waals surface area contributed by atoms with Gasteiger partial charge in [0.2, 0.25) is 10.0 Å². The van der Waals surface area contributed by atoms with Crippen molar-refractivity contribution in [3.8, 4) is 0 Å². The third kappa shape index (κ3) is 3.49. The second-order valence-electron chi connectivity index (χ2n) is 4.27. The van der Waals surface area contributed by atoms with Crippen molar-refractivity contribution in [2.45, 2.75) is 31.2 Å². The van der Waals surface area contributed by atoms with E-state index in [-0.39, 0.29) is 18.7 Å². The van der Waals surface area contributed by atoms with Crippen LogP contribution in [0.4, 0.5) is 8.78 Å². The Morgan fingerprint density at radius 3 is 2.47 bits per heavy atom. The lowest BCUT2D eigenvalue weighted by atomic mass is 10.2. The summed E-state index contributed by atoms with van der Waals surface area (Å²) in [6, 6.07) is 1.98. The molecule has 0 atom stereocenters. The second kappa shape index (κ2) is 6.40. The SMILES string of the molecule is CCCCN(C)S(=O)(=O)c1cc(CN)cc(F)c1F. The highest BCUT2D eigenvalue weighted by Crippen LogP contribution is 2.22.